The second kappa shape index (κ2) is 16.0. The number of carbonyl (C=O) groups excluding carboxylic acids is 6. The predicted molar refractivity (Wildman–Crippen MR) is 208 cm³/mol. The number of hydrogen-bond donors (Lipinski definition) is 4. The second-order valence-electron chi connectivity index (χ2n) is 15.3. The molecule has 0 aliphatic carbocycles. The highest BCUT2D eigenvalue weighted by Crippen LogP contribution is 2.33. The number of aromatic nitrogens is 2. The van der Waals surface area contributed by atoms with Crippen molar-refractivity contribution in [2.45, 2.75) is 63.1 Å². The number of aromatic amines is 1. The molecule has 2 aromatic carbocycles. The summed E-state index contributed by atoms with van der Waals surface area (Å²) >= 11 is 12.4. The van der Waals surface area contributed by atoms with Gasteiger partial charge in [-0.25, -0.2) is 0 Å². The van der Waals surface area contributed by atoms with Gasteiger partial charge < -0.3 is 25.3 Å². The molecule has 0 bridgehead atoms. The number of likely N-dealkylation sites (tertiary alicyclic amines) is 2. The van der Waals surface area contributed by atoms with Gasteiger partial charge in [-0.05, 0) is 87.9 Å². The number of hydrogen-bond acceptors (Lipinski definition) is 10. The summed E-state index contributed by atoms with van der Waals surface area (Å²) in [5, 5.41) is 15.1. The number of piperidine rings is 3. The third-order valence-corrected chi connectivity index (χ3v) is 12.5. The lowest BCUT2D eigenvalue weighted by Crippen LogP contribution is -2.54. The Morgan fingerprint density at radius 3 is 2.30 bits per heavy atom. The quantitative estimate of drug-likeness (QED) is 0.234. The maximum Gasteiger partial charge on any atom is 0.271 e. The average Bonchev–Trinajstić information content (AvgIpc) is 3.91. The van der Waals surface area contributed by atoms with Crippen molar-refractivity contribution in [3.05, 3.63) is 75.0 Å². The molecule has 4 saturated heterocycles. The molecule has 0 radical (unpaired) electrons. The summed E-state index contributed by atoms with van der Waals surface area (Å²) in [6, 6.07) is 9.67. The lowest BCUT2D eigenvalue weighted by atomic mass is 9.97. The highest BCUT2D eigenvalue weighted by molar-refractivity contribution is 6.40. The first-order chi connectivity index (χ1) is 27.0. The molecule has 56 heavy (non-hydrogen) atoms. The molecule has 6 heterocycles. The smallest absolute Gasteiger partial charge is 0.271 e. The highest BCUT2D eigenvalue weighted by atomic mass is 35.5. The van der Waals surface area contributed by atoms with E-state index in [2.05, 4.69) is 40.8 Å². The largest absolute Gasteiger partial charge is 0.371 e. The molecular weight excluding hydrogens is 761 g/mol. The minimum absolute atomic E-state index is 0.00238. The number of nitrogens with zero attached hydrogens (tertiary/aromatic N) is 5. The average molecular weight is 805 g/mol. The number of halogens is 2. The predicted octanol–water partition coefficient (Wildman–Crippen LogP) is 3.56. The Labute approximate surface area is 333 Å². The van der Waals surface area contributed by atoms with Crippen LogP contribution in [0.5, 0.6) is 0 Å². The normalized spacial score (nSPS) is 22.8. The van der Waals surface area contributed by atoms with E-state index in [9.17, 15) is 28.8 Å². The number of carbonyl (C=O) groups is 6. The Bertz CT molecular complexity index is 2060. The van der Waals surface area contributed by atoms with Gasteiger partial charge in [-0.1, -0.05) is 29.3 Å². The second-order valence-corrected chi connectivity index (χ2v) is 16.1. The number of imide groups is 2. The standard InChI is InChI=1S/C39H43Cl2N9O6/c40-28-2-1-3-29(41)33(28)36(53)44-30-19-42-46-34(30)37(54)43-23-9-16-48(17-10-23)24-11-13-47(14-12-24)20-22-8-15-49(21-22)25-4-5-26-27(18-25)39(56)50(38(26)55)31-6-7-32(51)45-35(31)52/h1-5,18-19,22-24,31H,6-17,20-21H2,(H,42,46)(H,43,54)(H,44,53)(H,45,51,52). The van der Waals surface area contributed by atoms with Crippen molar-refractivity contribution in [3.63, 3.8) is 0 Å². The van der Waals surface area contributed by atoms with E-state index in [0.29, 0.717) is 23.1 Å². The summed E-state index contributed by atoms with van der Waals surface area (Å²) in [4.78, 5) is 85.0. The Morgan fingerprint density at radius 2 is 1.57 bits per heavy atom. The van der Waals surface area contributed by atoms with Gasteiger partial charge in [0.2, 0.25) is 11.8 Å². The van der Waals surface area contributed by atoms with Gasteiger partial charge in [0.15, 0.2) is 0 Å². The Hall–Kier alpha value is -4.83. The van der Waals surface area contributed by atoms with Gasteiger partial charge in [0, 0.05) is 56.9 Å². The zero-order valence-corrected chi connectivity index (χ0v) is 32.2. The van der Waals surface area contributed by atoms with Crippen molar-refractivity contribution in [2.24, 2.45) is 5.92 Å². The minimum atomic E-state index is -0.975. The lowest BCUT2D eigenvalue weighted by Gasteiger charge is -2.42. The van der Waals surface area contributed by atoms with Crippen LogP contribution in [-0.2, 0) is 9.59 Å². The van der Waals surface area contributed by atoms with Gasteiger partial charge in [-0.2, -0.15) is 5.10 Å². The molecule has 6 amide bonds. The summed E-state index contributed by atoms with van der Waals surface area (Å²) in [7, 11) is 0. The van der Waals surface area contributed by atoms with Gasteiger partial charge in [-0.3, -0.25) is 44.1 Å². The van der Waals surface area contributed by atoms with Crippen LogP contribution in [0.3, 0.4) is 0 Å². The number of benzene rings is 2. The van der Waals surface area contributed by atoms with Crippen LogP contribution in [0.15, 0.2) is 42.6 Å². The minimum Gasteiger partial charge on any atom is -0.371 e. The fraction of sp³-hybridized carbons (Fsp3) is 0.462. The van der Waals surface area contributed by atoms with E-state index in [0.717, 1.165) is 88.5 Å². The molecule has 4 fully saturated rings. The Kier molecular flexibility index (Phi) is 10.8. The third-order valence-electron chi connectivity index (χ3n) is 11.8. The molecule has 8 rings (SSSR count). The van der Waals surface area contributed by atoms with E-state index in [1.165, 1.54) is 6.20 Å². The molecule has 5 aliphatic heterocycles. The van der Waals surface area contributed by atoms with Gasteiger partial charge in [0.05, 0.1) is 38.6 Å². The summed E-state index contributed by atoms with van der Waals surface area (Å²) in [6.45, 7) is 6.56. The zero-order chi connectivity index (χ0) is 39.1. The topological polar surface area (TPSA) is 180 Å². The SMILES string of the molecule is O=C1CCC(N2C(=O)c3ccc(N4CCC(CN5CCC(N6CCC(NC(=O)c7[nH]ncc7NC(=O)c7c(Cl)cccc7Cl)CC6)CC5)C4)cc3C2=O)C(=O)N1. The van der Waals surface area contributed by atoms with Crippen molar-refractivity contribution in [2.75, 3.05) is 56.0 Å². The first kappa shape index (κ1) is 38.1. The lowest BCUT2D eigenvalue weighted by molar-refractivity contribution is -0.136. The van der Waals surface area contributed by atoms with E-state index in [4.69, 9.17) is 23.2 Å². The van der Waals surface area contributed by atoms with Crippen LogP contribution >= 0.6 is 23.2 Å². The molecule has 3 aromatic rings. The van der Waals surface area contributed by atoms with E-state index in [-0.39, 0.29) is 51.8 Å². The van der Waals surface area contributed by atoms with E-state index in [1.54, 1.807) is 30.3 Å². The Balaban J connectivity index is 0.772. The number of H-pyrrole nitrogens is 1. The molecule has 0 saturated carbocycles. The molecular formula is C39H43Cl2N9O6. The van der Waals surface area contributed by atoms with Gasteiger partial charge in [-0.15, -0.1) is 0 Å². The van der Waals surface area contributed by atoms with Crippen LogP contribution in [0.1, 0.15) is 86.5 Å². The van der Waals surface area contributed by atoms with Crippen molar-refractivity contribution in [3.8, 4) is 0 Å². The summed E-state index contributed by atoms with van der Waals surface area (Å²) in [5.41, 5.74) is 2.04. The number of anilines is 2. The van der Waals surface area contributed by atoms with Crippen molar-refractivity contribution >= 4 is 70.0 Å². The summed E-state index contributed by atoms with van der Waals surface area (Å²) < 4.78 is 0. The molecule has 15 nitrogen and oxygen atoms in total. The van der Waals surface area contributed by atoms with E-state index < -0.39 is 35.6 Å². The molecule has 2 unspecified atom stereocenters. The van der Waals surface area contributed by atoms with Crippen LogP contribution in [0.4, 0.5) is 11.4 Å². The summed E-state index contributed by atoms with van der Waals surface area (Å²) in [5.74, 6) is -2.37. The monoisotopic (exact) mass is 803 g/mol. The molecule has 5 aliphatic rings. The van der Waals surface area contributed by atoms with Crippen molar-refractivity contribution < 1.29 is 28.8 Å². The fourth-order valence-corrected chi connectivity index (χ4v) is 9.39. The molecule has 17 heteroatoms. The molecule has 4 N–H and O–H groups in total. The van der Waals surface area contributed by atoms with Gasteiger partial charge in [0.1, 0.15) is 11.7 Å². The van der Waals surface area contributed by atoms with E-state index >= 15 is 0 Å². The first-order valence-electron chi connectivity index (χ1n) is 19.2. The van der Waals surface area contributed by atoms with Crippen LogP contribution in [0, 0.1) is 5.92 Å². The van der Waals surface area contributed by atoms with E-state index in [1.807, 2.05) is 6.07 Å². The Morgan fingerprint density at radius 1 is 0.839 bits per heavy atom. The number of rotatable bonds is 9. The maximum absolute atomic E-state index is 13.3. The van der Waals surface area contributed by atoms with Crippen LogP contribution in [0.25, 0.3) is 0 Å². The van der Waals surface area contributed by atoms with Gasteiger partial charge in [0.25, 0.3) is 23.6 Å². The molecule has 0 spiro atoms. The number of nitrogens with one attached hydrogen (secondary N) is 4. The van der Waals surface area contributed by atoms with Crippen LogP contribution in [0.2, 0.25) is 10.0 Å². The highest BCUT2D eigenvalue weighted by Gasteiger charge is 2.45. The van der Waals surface area contributed by atoms with Crippen LogP contribution in [-0.4, -0.2) is 124 Å². The van der Waals surface area contributed by atoms with Crippen molar-refractivity contribution in [1.29, 1.82) is 0 Å². The molecule has 294 valence electrons. The van der Waals surface area contributed by atoms with Crippen molar-refractivity contribution in [1.82, 2.24) is 35.5 Å². The third kappa shape index (κ3) is 7.64. The maximum atomic E-state index is 13.3. The molecule has 2 atom stereocenters. The van der Waals surface area contributed by atoms with Crippen LogP contribution < -0.4 is 20.9 Å². The number of amides is 6. The zero-order valence-electron chi connectivity index (χ0n) is 30.7. The van der Waals surface area contributed by atoms with Gasteiger partial charge >= 0.3 is 0 Å². The number of fused-ring (bicyclic) bond motifs is 1. The fourth-order valence-electron chi connectivity index (χ4n) is 8.82. The molecule has 1 aromatic heterocycles. The first-order valence-corrected chi connectivity index (χ1v) is 20.0. The summed E-state index contributed by atoms with van der Waals surface area (Å²) in [6.07, 6.45) is 6.47.